The van der Waals surface area contributed by atoms with Crippen molar-refractivity contribution in [1.29, 1.82) is 0 Å². The molecule has 0 radical (unpaired) electrons. The van der Waals surface area contributed by atoms with E-state index in [1.165, 1.54) is 347 Å². The van der Waals surface area contributed by atoms with Gasteiger partial charge < -0.3 is 20.3 Å². The van der Waals surface area contributed by atoms with Crippen molar-refractivity contribution < 1.29 is 24.5 Å². The third-order valence-corrected chi connectivity index (χ3v) is 17.5. The first kappa shape index (κ1) is 79.3. The molecule has 0 aliphatic heterocycles. The van der Waals surface area contributed by atoms with Crippen LogP contribution in [0.5, 0.6) is 0 Å². The summed E-state index contributed by atoms with van der Waals surface area (Å²) in [4.78, 5) is 24.7. The predicted molar refractivity (Wildman–Crippen MR) is 356 cm³/mol. The summed E-state index contributed by atoms with van der Waals surface area (Å²) in [6.07, 6.45) is 89.8. The zero-order chi connectivity index (χ0) is 58.5. The van der Waals surface area contributed by atoms with Gasteiger partial charge >= 0.3 is 5.97 Å². The van der Waals surface area contributed by atoms with Crippen molar-refractivity contribution in [1.82, 2.24) is 5.32 Å². The van der Waals surface area contributed by atoms with E-state index < -0.39 is 12.1 Å². The molecule has 6 nitrogen and oxygen atoms in total. The van der Waals surface area contributed by atoms with E-state index in [2.05, 4.69) is 31.3 Å². The first-order valence-electron chi connectivity index (χ1n) is 37.1. The summed E-state index contributed by atoms with van der Waals surface area (Å²) in [5.41, 5.74) is 0. The fourth-order valence-corrected chi connectivity index (χ4v) is 11.8. The van der Waals surface area contributed by atoms with Crippen LogP contribution in [-0.4, -0.2) is 47.4 Å². The van der Waals surface area contributed by atoms with Crippen molar-refractivity contribution in [3.8, 4) is 0 Å². The Morgan fingerprint density at radius 2 is 0.580 bits per heavy atom. The maximum absolute atomic E-state index is 12.5. The molecule has 480 valence electrons. The van der Waals surface area contributed by atoms with Crippen LogP contribution in [0.15, 0.2) is 24.3 Å². The third-order valence-electron chi connectivity index (χ3n) is 17.5. The third kappa shape index (κ3) is 67.3. The number of carbonyl (C=O) groups is 2. The van der Waals surface area contributed by atoms with Crippen LogP contribution in [0, 0.1) is 0 Å². The van der Waals surface area contributed by atoms with Gasteiger partial charge in [-0.3, -0.25) is 9.59 Å². The first-order valence-corrected chi connectivity index (χ1v) is 37.1. The van der Waals surface area contributed by atoms with Crippen molar-refractivity contribution in [2.45, 2.75) is 431 Å². The number of aliphatic hydroxyl groups excluding tert-OH is 2. The number of aliphatic hydroxyl groups is 2. The highest BCUT2D eigenvalue weighted by Gasteiger charge is 2.18. The lowest BCUT2D eigenvalue weighted by atomic mass is 10.0. The van der Waals surface area contributed by atoms with Crippen molar-refractivity contribution >= 4 is 11.9 Å². The van der Waals surface area contributed by atoms with Gasteiger partial charge in [-0.05, 0) is 57.8 Å². The monoisotopic (exact) mass is 1140 g/mol. The molecule has 1 amide bonds. The van der Waals surface area contributed by atoms with E-state index in [0.29, 0.717) is 19.4 Å². The van der Waals surface area contributed by atoms with Crippen molar-refractivity contribution in [2.75, 3.05) is 13.2 Å². The van der Waals surface area contributed by atoms with Gasteiger partial charge in [0.2, 0.25) is 5.91 Å². The van der Waals surface area contributed by atoms with E-state index in [1.54, 1.807) is 6.08 Å². The molecule has 3 N–H and O–H groups in total. The Bertz CT molecular complexity index is 1270. The van der Waals surface area contributed by atoms with Crippen LogP contribution in [0.1, 0.15) is 418 Å². The molecule has 2 atom stereocenters. The number of esters is 1. The zero-order valence-electron chi connectivity index (χ0n) is 55.0. The van der Waals surface area contributed by atoms with E-state index >= 15 is 0 Å². The van der Waals surface area contributed by atoms with Crippen LogP contribution < -0.4 is 5.32 Å². The largest absolute Gasteiger partial charge is 0.466 e. The molecular formula is C75H145NO5. The van der Waals surface area contributed by atoms with E-state index in [1.807, 2.05) is 6.08 Å². The van der Waals surface area contributed by atoms with Gasteiger partial charge in [-0.2, -0.15) is 0 Å². The summed E-state index contributed by atoms with van der Waals surface area (Å²) >= 11 is 0. The predicted octanol–water partition coefficient (Wildman–Crippen LogP) is 24.1. The summed E-state index contributed by atoms with van der Waals surface area (Å²) in [7, 11) is 0. The van der Waals surface area contributed by atoms with Crippen molar-refractivity contribution in [2.24, 2.45) is 0 Å². The number of hydrogen-bond acceptors (Lipinski definition) is 5. The maximum Gasteiger partial charge on any atom is 0.305 e. The molecule has 0 spiro atoms. The van der Waals surface area contributed by atoms with E-state index in [0.717, 1.165) is 44.9 Å². The minimum Gasteiger partial charge on any atom is -0.466 e. The Labute approximate surface area is 507 Å². The average molecular weight is 1140 g/mol. The van der Waals surface area contributed by atoms with Gasteiger partial charge in [-0.1, -0.05) is 372 Å². The second-order valence-corrected chi connectivity index (χ2v) is 25.6. The molecule has 0 aromatic rings. The maximum atomic E-state index is 12.5. The minimum atomic E-state index is -0.847. The molecule has 81 heavy (non-hydrogen) atoms. The van der Waals surface area contributed by atoms with Crippen molar-refractivity contribution in [3.05, 3.63) is 24.3 Å². The quantitative estimate of drug-likeness (QED) is 0.0320. The van der Waals surface area contributed by atoms with Crippen LogP contribution in [0.3, 0.4) is 0 Å². The van der Waals surface area contributed by atoms with Gasteiger partial charge in [0.15, 0.2) is 0 Å². The lowest BCUT2D eigenvalue weighted by Crippen LogP contribution is -2.45. The number of hydrogen-bond donors (Lipinski definition) is 3. The SMILES string of the molecule is CCCCCCCC/C=C\CCCCCCCCCCCC(=O)OCCCCCCCCCCCCCCCCCCCCCCCC(=O)NC(CO)C(O)/C=C/CCCCCCCCCCCCCCCCCCCCCCCC. The second-order valence-electron chi connectivity index (χ2n) is 25.6. The second kappa shape index (κ2) is 70.8. The van der Waals surface area contributed by atoms with E-state index in [4.69, 9.17) is 4.74 Å². The number of rotatable bonds is 70. The summed E-state index contributed by atoms with van der Waals surface area (Å²) in [6, 6.07) is -0.630. The topological polar surface area (TPSA) is 95.9 Å². The average Bonchev–Trinajstić information content (AvgIpc) is 3.47. The molecule has 2 unspecified atom stereocenters. The summed E-state index contributed by atoms with van der Waals surface area (Å²) in [6.45, 7) is 4.94. The van der Waals surface area contributed by atoms with Gasteiger partial charge in [0, 0.05) is 12.8 Å². The minimum absolute atomic E-state index is 0.0122. The normalized spacial score (nSPS) is 12.6. The zero-order valence-corrected chi connectivity index (χ0v) is 55.0. The lowest BCUT2D eigenvalue weighted by Gasteiger charge is -2.20. The molecule has 0 saturated carbocycles. The number of ether oxygens (including phenoxy) is 1. The molecule has 0 aliphatic carbocycles. The van der Waals surface area contributed by atoms with Crippen LogP contribution in [0.4, 0.5) is 0 Å². The van der Waals surface area contributed by atoms with E-state index in [9.17, 15) is 19.8 Å². The van der Waals surface area contributed by atoms with Gasteiger partial charge in [0.05, 0.1) is 25.4 Å². The highest BCUT2D eigenvalue weighted by Crippen LogP contribution is 2.19. The number of nitrogens with one attached hydrogen (secondary N) is 1. The molecule has 0 rings (SSSR count). The lowest BCUT2D eigenvalue weighted by molar-refractivity contribution is -0.143. The highest BCUT2D eigenvalue weighted by molar-refractivity contribution is 5.76. The van der Waals surface area contributed by atoms with Gasteiger partial charge in [-0.25, -0.2) is 0 Å². The van der Waals surface area contributed by atoms with Gasteiger partial charge in [0.1, 0.15) is 0 Å². The smallest absolute Gasteiger partial charge is 0.305 e. The molecular weight excluding hydrogens is 995 g/mol. The summed E-state index contributed by atoms with van der Waals surface area (Å²) < 4.78 is 5.51. The molecule has 0 saturated heterocycles. The Hall–Kier alpha value is -1.66. The van der Waals surface area contributed by atoms with Crippen molar-refractivity contribution in [3.63, 3.8) is 0 Å². The van der Waals surface area contributed by atoms with Crippen LogP contribution in [0.25, 0.3) is 0 Å². The molecule has 0 aliphatic rings. The van der Waals surface area contributed by atoms with Crippen LogP contribution >= 0.6 is 0 Å². The fraction of sp³-hybridized carbons (Fsp3) is 0.920. The van der Waals surface area contributed by atoms with Gasteiger partial charge in [-0.15, -0.1) is 0 Å². The molecule has 0 fully saturated rings. The van der Waals surface area contributed by atoms with Crippen LogP contribution in [0.2, 0.25) is 0 Å². The highest BCUT2D eigenvalue weighted by atomic mass is 16.5. The molecule has 0 aromatic heterocycles. The Balaban J connectivity index is 3.40. The van der Waals surface area contributed by atoms with Crippen LogP contribution in [-0.2, 0) is 14.3 Å². The Kier molecular flexibility index (Phi) is 69.4. The number of carbonyl (C=O) groups excluding carboxylic acids is 2. The van der Waals surface area contributed by atoms with E-state index in [-0.39, 0.29) is 18.5 Å². The standard InChI is InChI=1S/C75H145NO5/c1-3-5-7-9-11-13-15-17-19-21-23-24-25-26-28-32-35-39-43-47-51-55-59-63-67-73(78)72(71-77)76-74(79)68-64-60-56-52-48-44-40-36-33-29-27-30-34-38-42-46-50-54-58-62-66-70-81-75(80)69-65-61-57-53-49-45-41-37-31-22-20-18-16-14-12-10-8-6-4-2/h18,20,63,67,72-73,77-78H,3-17,19,21-62,64-66,68-71H2,1-2H3,(H,76,79)/b20-18-,67-63+. The van der Waals surface area contributed by atoms with Gasteiger partial charge in [0.25, 0.3) is 0 Å². The molecule has 0 heterocycles. The number of amides is 1. The Morgan fingerprint density at radius 1 is 0.333 bits per heavy atom. The fourth-order valence-electron chi connectivity index (χ4n) is 11.8. The Morgan fingerprint density at radius 3 is 0.877 bits per heavy atom. The number of unbranched alkanes of at least 4 members (excludes halogenated alkanes) is 57. The molecule has 0 aromatic carbocycles. The molecule has 6 heteroatoms. The summed E-state index contributed by atoms with van der Waals surface area (Å²) in [5, 5.41) is 23.3. The molecule has 0 bridgehead atoms. The number of allylic oxidation sites excluding steroid dienone is 3. The first-order chi connectivity index (χ1) is 40.0. The summed E-state index contributed by atoms with van der Waals surface area (Å²) in [5.74, 6) is -0.0519.